The zero-order valence-electron chi connectivity index (χ0n) is 14.8. The van der Waals surface area contributed by atoms with Crippen LogP contribution in [-0.4, -0.2) is 39.1 Å². The number of rotatable bonds is 4. The number of hydrogen-bond donors (Lipinski definition) is 1. The molecule has 0 amide bonds. The maximum atomic E-state index is 11.1. The number of aromatic nitrogens is 3. The molecular formula is C19H20N4O2S. The van der Waals surface area contributed by atoms with E-state index in [2.05, 4.69) is 33.7 Å². The zero-order valence-corrected chi connectivity index (χ0v) is 15.6. The lowest BCUT2D eigenvalue weighted by molar-refractivity contribution is 0.0696. The number of anilines is 1. The maximum absolute atomic E-state index is 11.1. The van der Waals surface area contributed by atoms with Crippen LogP contribution in [0.2, 0.25) is 0 Å². The monoisotopic (exact) mass is 368 g/mol. The Kier molecular flexibility index (Phi) is 4.32. The van der Waals surface area contributed by atoms with Gasteiger partial charge in [0.1, 0.15) is 17.0 Å². The predicted molar refractivity (Wildman–Crippen MR) is 102 cm³/mol. The van der Waals surface area contributed by atoms with Gasteiger partial charge in [-0.3, -0.25) is 4.98 Å². The highest BCUT2D eigenvalue weighted by molar-refractivity contribution is 7.18. The molecule has 4 rings (SSSR count). The molecule has 1 N–H and O–H groups in total. The van der Waals surface area contributed by atoms with Crippen LogP contribution in [0.25, 0.3) is 10.2 Å². The molecule has 0 radical (unpaired) electrons. The number of hydrogen-bond acceptors (Lipinski definition) is 6. The lowest BCUT2D eigenvalue weighted by atomic mass is 9.99. The number of fused-ring (bicyclic) bond motifs is 1. The number of carboxylic acid groups (broad SMARTS) is 1. The van der Waals surface area contributed by atoms with Crippen molar-refractivity contribution in [1.82, 2.24) is 15.0 Å². The molecule has 1 fully saturated rings. The van der Waals surface area contributed by atoms with Crippen LogP contribution in [0.1, 0.15) is 32.8 Å². The largest absolute Gasteiger partial charge is 0.478 e. The van der Waals surface area contributed by atoms with Gasteiger partial charge >= 0.3 is 5.97 Å². The van der Waals surface area contributed by atoms with Crippen LogP contribution in [0, 0.1) is 19.8 Å². The summed E-state index contributed by atoms with van der Waals surface area (Å²) in [5, 5.41) is 10.3. The molecule has 7 heteroatoms. The van der Waals surface area contributed by atoms with E-state index in [4.69, 9.17) is 5.11 Å². The highest BCUT2D eigenvalue weighted by Crippen LogP contribution is 2.36. The molecule has 1 unspecified atom stereocenters. The van der Waals surface area contributed by atoms with Gasteiger partial charge in [-0.1, -0.05) is 0 Å². The van der Waals surface area contributed by atoms with Gasteiger partial charge in [-0.2, -0.15) is 0 Å². The van der Waals surface area contributed by atoms with Crippen LogP contribution in [0.3, 0.4) is 0 Å². The fraction of sp³-hybridized carbons (Fsp3) is 0.368. The van der Waals surface area contributed by atoms with Crippen molar-refractivity contribution in [2.75, 3.05) is 18.0 Å². The summed E-state index contributed by atoms with van der Waals surface area (Å²) >= 11 is 1.72. The lowest BCUT2D eigenvalue weighted by Gasteiger charge is -2.18. The fourth-order valence-electron chi connectivity index (χ4n) is 3.64. The summed E-state index contributed by atoms with van der Waals surface area (Å²) in [4.78, 5) is 28.9. The molecular weight excluding hydrogens is 348 g/mol. The van der Waals surface area contributed by atoms with Crippen molar-refractivity contribution in [3.63, 3.8) is 0 Å². The number of pyridine rings is 1. The molecule has 134 valence electrons. The SMILES string of the molecule is Cc1sc2ncnc(N3CCC(Cc4cncc(C(=O)O)c4)C3)c2c1C. The molecule has 26 heavy (non-hydrogen) atoms. The van der Waals surface area contributed by atoms with Crippen LogP contribution in [0.15, 0.2) is 24.8 Å². The van der Waals surface area contributed by atoms with Gasteiger partial charge in [0.25, 0.3) is 0 Å². The molecule has 3 aromatic rings. The van der Waals surface area contributed by atoms with Gasteiger partial charge in [0.2, 0.25) is 0 Å². The summed E-state index contributed by atoms with van der Waals surface area (Å²) in [6, 6.07) is 1.73. The van der Waals surface area contributed by atoms with Gasteiger partial charge in [-0.25, -0.2) is 14.8 Å². The van der Waals surface area contributed by atoms with E-state index in [1.807, 2.05) is 0 Å². The van der Waals surface area contributed by atoms with Gasteiger partial charge in [-0.15, -0.1) is 11.3 Å². The minimum absolute atomic E-state index is 0.249. The Balaban J connectivity index is 1.54. The smallest absolute Gasteiger partial charge is 0.337 e. The molecule has 3 aromatic heterocycles. The molecule has 1 saturated heterocycles. The highest BCUT2D eigenvalue weighted by Gasteiger charge is 2.26. The summed E-state index contributed by atoms with van der Waals surface area (Å²) < 4.78 is 0. The first-order valence-corrected chi connectivity index (χ1v) is 9.47. The molecule has 6 nitrogen and oxygen atoms in total. The zero-order chi connectivity index (χ0) is 18.3. The first kappa shape index (κ1) is 16.9. The molecule has 0 spiro atoms. The number of nitrogens with zero attached hydrogens (tertiary/aromatic N) is 4. The number of aromatic carboxylic acids is 1. The van der Waals surface area contributed by atoms with Crippen molar-refractivity contribution in [1.29, 1.82) is 0 Å². The van der Waals surface area contributed by atoms with Crippen molar-refractivity contribution >= 4 is 33.3 Å². The van der Waals surface area contributed by atoms with Crippen LogP contribution in [0.5, 0.6) is 0 Å². The van der Waals surface area contributed by atoms with Crippen molar-refractivity contribution in [2.45, 2.75) is 26.7 Å². The molecule has 1 atom stereocenters. The third-order valence-electron chi connectivity index (χ3n) is 5.10. The van der Waals surface area contributed by atoms with Crippen LogP contribution < -0.4 is 4.90 Å². The second kappa shape index (κ2) is 6.64. The standard InChI is InChI=1S/C19H20N4O2S/c1-11-12(2)26-18-16(11)17(21-10-22-18)23-4-3-13(9-23)5-14-6-15(19(24)25)8-20-7-14/h6-8,10,13H,3-5,9H2,1-2H3,(H,24,25). The molecule has 0 aromatic carbocycles. The Labute approximate surface area is 155 Å². The normalized spacial score (nSPS) is 17.2. The summed E-state index contributed by atoms with van der Waals surface area (Å²) in [6.07, 6.45) is 6.71. The average molecular weight is 368 g/mol. The summed E-state index contributed by atoms with van der Waals surface area (Å²) in [7, 11) is 0. The average Bonchev–Trinajstić information content (AvgIpc) is 3.20. The Hall–Kier alpha value is -2.54. The van der Waals surface area contributed by atoms with Gasteiger partial charge in [0, 0.05) is 30.4 Å². The van der Waals surface area contributed by atoms with Gasteiger partial charge in [-0.05, 0) is 49.8 Å². The predicted octanol–water partition coefficient (Wildman–Crippen LogP) is 3.47. The minimum Gasteiger partial charge on any atom is -0.478 e. The highest BCUT2D eigenvalue weighted by atomic mass is 32.1. The van der Waals surface area contributed by atoms with Crippen molar-refractivity contribution < 1.29 is 9.90 Å². The van der Waals surface area contributed by atoms with Gasteiger partial charge in [0.15, 0.2) is 0 Å². The van der Waals surface area contributed by atoms with E-state index < -0.39 is 5.97 Å². The Morgan fingerprint density at radius 2 is 2.19 bits per heavy atom. The Bertz CT molecular complexity index is 985. The molecule has 1 aliphatic heterocycles. The second-order valence-electron chi connectivity index (χ2n) is 6.85. The number of carbonyl (C=O) groups is 1. The topological polar surface area (TPSA) is 79.2 Å². The minimum atomic E-state index is -0.931. The molecule has 0 saturated carbocycles. The Morgan fingerprint density at radius 1 is 1.35 bits per heavy atom. The van der Waals surface area contributed by atoms with E-state index >= 15 is 0 Å². The number of thiophene rings is 1. The van der Waals surface area contributed by atoms with Crippen LogP contribution >= 0.6 is 11.3 Å². The molecule has 0 bridgehead atoms. The van der Waals surface area contributed by atoms with E-state index in [1.54, 1.807) is 29.9 Å². The van der Waals surface area contributed by atoms with Crippen molar-refractivity contribution in [3.05, 3.63) is 46.4 Å². The molecule has 0 aliphatic carbocycles. The number of aryl methyl sites for hydroxylation is 2. The van der Waals surface area contributed by atoms with E-state index in [1.165, 1.54) is 22.0 Å². The number of carboxylic acids is 1. The summed E-state index contributed by atoms with van der Waals surface area (Å²) in [5.74, 6) is 0.557. The summed E-state index contributed by atoms with van der Waals surface area (Å²) in [6.45, 7) is 6.13. The van der Waals surface area contributed by atoms with Crippen molar-refractivity contribution in [3.8, 4) is 0 Å². The van der Waals surface area contributed by atoms with E-state index in [9.17, 15) is 4.79 Å². The van der Waals surface area contributed by atoms with Gasteiger partial charge in [0.05, 0.1) is 10.9 Å². The Morgan fingerprint density at radius 3 is 3.00 bits per heavy atom. The fourth-order valence-corrected chi connectivity index (χ4v) is 4.64. The molecule has 4 heterocycles. The third-order valence-corrected chi connectivity index (χ3v) is 6.21. The van der Waals surface area contributed by atoms with E-state index in [-0.39, 0.29) is 5.56 Å². The first-order chi connectivity index (χ1) is 12.5. The first-order valence-electron chi connectivity index (χ1n) is 8.66. The molecule has 1 aliphatic rings. The van der Waals surface area contributed by atoms with Crippen LogP contribution in [0.4, 0.5) is 5.82 Å². The second-order valence-corrected chi connectivity index (χ2v) is 8.06. The van der Waals surface area contributed by atoms with Gasteiger partial charge < -0.3 is 10.0 Å². The maximum Gasteiger partial charge on any atom is 0.337 e. The third kappa shape index (κ3) is 3.03. The quantitative estimate of drug-likeness (QED) is 0.760. The van der Waals surface area contributed by atoms with E-state index in [0.717, 1.165) is 42.1 Å². The summed E-state index contributed by atoms with van der Waals surface area (Å²) in [5.41, 5.74) is 2.49. The van der Waals surface area contributed by atoms with Crippen molar-refractivity contribution in [2.24, 2.45) is 5.92 Å². The van der Waals surface area contributed by atoms with E-state index in [0.29, 0.717) is 5.92 Å². The van der Waals surface area contributed by atoms with Crippen LogP contribution in [-0.2, 0) is 6.42 Å². The lowest BCUT2D eigenvalue weighted by Crippen LogP contribution is -2.21.